The lowest BCUT2D eigenvalue weighted by molar-refractivity contribution is 0.0598. The predicted octanol–water partition coefficient (Wildman–Crippen LogP) is 2.40. The van der Waals surface area contributed by atoms with Crippen molar-refractivity contribution in [1.29, 1.82) is 0 Å². The van der Waals surface area contributed by atoms with Gasteiger partial charge in [0.25, 0.3) is 11.8 Å². The standard InChI is InChI=1S/C24H17N5O6/c1-28-20-18(19(27-28)12-4-6-25-7-5-12)17-16(11-26-20)21(30)29(22(17)31)15-9-13(23(32)34-2)8-14(10-15)24(33)35-3/h4-11H,1-3H3. The number of hydrogen-bond donors (Lipinski definition) is 0. The van der Waals surface area contributed by atoms with Crippen molar-refractivity contribution < 1.29 is 28.7 Å². The summed E-state index contributed by atoms with van der Waals surface area (Å²) < 4.78 is 11.0. The van der Waals surface area contributed by atoms with Crippen LogP contribution in [0, 0.1) is 0 Å². The Hall–Kier alpha value is -4.93. The molecular formula is C24H17N5O6. The second-order valence-corrected chi connectivity index (χ2v) is 7.65. The van der Waals surface area contributed by atoms with Gasteiger partial charge in [0.2, 0.25) is 0 Å². The highest BCUT2D eigenvalue weighted by molar-refractivity contribution is 6.38. The highest BCUT2D eigenvalue weighted by Crippen LogP contribution is 2.37. The van der Waals surface area contributed by atoms with Gasteiger partial charge in [0.05, 0.1) is 47.5 Å². The molecule has 174 valence electrons. The second kappa shape index (κ2) is 8.13. The van der Waals surface area contributed by atoms with E-state index >= 15 is 0 Å². The summed E-state index contributed by atoms with van der Waals surface area (Å²) in [6.07, 6.45) is 4.51. The first-order valence-electron chi connectivity index (χ1n) is 10.3. The number of amides is 2. The van der Waals surface area contributed by atoms with Gasteiger partial charge in [-0.3, -0.25) is 14.6 Å². The number of carbonyl (C=O) groups excluding carboxylic acids is 4. The molecule has 0 N–H and O–H groups in total. The molecule has 0 fully saturated rings. The number of aryl methyl sites for hydroxylation is 1. The highest BCUT2D eigenvalue weighted by Gasteiger charge is 2.41. The molecule has 0 bridgehead atoms. The first kappa shape index (κ1) is 21.9. The van der Waals surface area contributed by atoms with E-state index in [1.807, 2.05) is 0 Å². The van der Waals surface area contributed by atoms with Crippen LogP contribution in [0.4, 0.5) is 5.69 Å². The summed E-state index contributed by atoms with van der Waals surface area (Å²) in [6, 6.07) is 7.35. The fourth-order valence-corrected chi connectivity index (χ4v) is 4.09. The van der Waals surface area contributed by atoms with Crippen molar-refractivity contribution >= 4 is 40.5 Å². The van der Waals surface area contributed by atoms with Gasteiger partial charge in [-0.2, -0.15) is 5.10 Å². The van der Waals surface area contributed by atoms with Gasteiger partial charge in [-0.05, 0) is 30.3 Å². The number of carbonyl (C=O) groups is 4. The van der Waals surface area contributed by atoms with Gasteiger partial charge in [0.15, 0.2) is 5.65 Å². The maximum atomic E-state index is 13.7. The average Bonchev–Trinajstić information content (AvgIpc) is 3.36. The lowest BCUT2D eigenvalue weighted by atomic mass is 10.0. The number of pyridine rings is 2. The quantitative estimate of drug-likeness (QED) is 0.325. The third-order valence-electron chi connectivity index (χ3n) is 5.67. The topological polar surface area (TPSA) is 134 Å². The van der Waals surface area contributed by atoms with Gasteiger partial charge in [0, 0.05) is 31.2 Å². The van der Waals surface area contributed by atoms with Crippen LogP contribution in [0.25, 0.3) is 22.3 Å². The van der Waals surface area contributed by atoms with Crippen LogP contribution >= 0.6 is 0 Å². The van der Waals surface area contributed by atoms with E-state index in [2.05, 4.69) is 15.1 Å². The Bertz CT molecular complexity index is 1530. The number of anilines is 1. The number of esters is 2. The monoisotopic (exact) mass is 471 g/mol. The van der Waals surface area contributed by atoms with E-state index in [1.165, 1.54) is 43.3 Å². The van der Waals surface area contributed by atoms with Crippen molar-refractivity contribution in [2.45, 2.75) is 0 Å². The minimum atomic E-state index is -0.745. The Labute approximate surface area is 197 Å². The number of ether oxygens (including phenoxy) is 2. The number of fused-ring (bicyclic) bond motifs is 3. The van der Waals surface area contributed by atoms with Gasteiger partial charge < -0.3 is 9.47 Å². The third-order valence-corrected chi connectivity index (χ3v) is 5.67. The summed E-state index contributed by atoms with van der Waals surface area (Å²) in [4.78, 5) is 60.8. The maximum Gasteiger partial charge on any atom is 0.337 e. The molecule has 4 heterocycles. The van der Waals surface area contributed by atoms with Crippen LogP contribution in [0.1, 0.15) is 41.4 Å². The van der Waals surface area contributed by atoms with E-state index in [4.69, 9.17) is 9.47 Å². The summed E-state index contributed by atoms with van der Waals surface area (Å²) in [5, 5.41) is 4.92. The average molecular weight is 471 g/mol. The molecular weight excluding hydrogens is 454 g/mol. The minimum Gasteiger partial charge on any atom is -0.465 e. The molecule has 5 rings (SSSR count). The van der Waals surface area contributed by atoms with E-state index < -0.39 is 23.8 Å². The van der Waals surface area contributed by atoms with Crippen LogP contribution in [0.15, 0.2) is 48.9 Å². The lowest BCUT2D eigenvalue weighted by Gasteiger charge is -2.16. The molecule has 11 nitrogen and oxygen atoms in total. The molecule has 0 saturated heterocycles. The zero-order valence-corrected chi connectivity index (χ0v) is 18.8. The molecule has 2 amide bonds. The van der Waals surface area contributed by atoms with Crippen LogP contribution < -0.4 is 4.90 Å². The van der Waals surface area contributed by atoms with Crippen LogP contribution in [-0.4, -0.2) is 57.7 Å². The molecule has 35 heavy (non-hydrogen) atoms. The van der Waals surface area contributed by atoms with Gasteiger partial charge in [-0.1, -0.05) is 0 Å². The van der Waals surface area contributed by atoms with Crippen molar-refractivity contribution in [2.75, 3.05) is 19.1 Å². The molecule has 1 aliphatic heterocycles. The molecule has 0 radical (unpaired) electrons. The molecule has 3 aromatic heterocycles. The predicted molar refractivity (Wildman–Crippen MR) is 122 cm³/mol. The van der Waals surface area contributed by atoms with Gasteiger partial charge in [-0.25, -0.2) is 24.2 Å². The minimum absolute atomic E-state index is 0.0157. The van der Waals surface area contributed by atoms with Gasteiger partial charge in [0.1, 0.15) is 5.69 Å². The van der Waals surface area contributed by atoms with Gasteiger partial charge >= 0.3 is 11.9 Å². The van der Waals surface area contributed by atoms with E-state index in [-0.39, 0.29) is 27.9 Å². The number of imide groups is 1. The highest BCUT2D eigenvalue weighted by atomic mass is 16.5. The number of methoxy groups -OCH3 is 2. The summed E-state index contributed by atoms with van der Waals surface area (Å²) in [5.74, 6) is -2.78. The third kappa shape index (κ3) is 3.32. The first-order valence-corrected chi connectivity index (χ1v) is 10.3. The SMILES string of the molecule is COC(=O)c1cc(C(=O)OC)cc(N2C(=O)c3cnc4c(c(-c5ccncc5)nn4C)c3C2=O)c1. The van der Waals surface area contributed by atoms with Crippen molar-refractivity contribution in [3.63, 3.8) is 0 Å². The van der Waals surface area contributed by atoms with Gasteiger partial charge in [-0.15, -0.1) is 0 Å². The molecule has 0 unspecified atom stereocenters. The first-order chi connectivity index (χ1) is 16.8. The Morgan fingerprint density at radius 1 is 0.914 bits per heavy atom. The van der Waals surface area contributed by atoms with E-state index in [9.17, 15) is 19.2 Å². The fraction of sp³-hybridized carbons (Fsp3) is 0.125. The molecule has 0 atom stereocenters. The number of benzene rings is 1. The van der Waals surface area contributed by atoms with E-state index in [0.29, 0.717) is 22.3 Å². The largest absolute Gasteiger partial charge is 0.465 e. The lowest BCUT2D eigenvalue weighted by Crippen LogP contribution is -2.30. The number of nitrogens with zero attached hydrogens (tertiary/aromatic N) is 5. The summed E-state index contributed by atoms with van der Waals surface area (Å²) in [7, 11) is 4.05. The summed E-state index contributed by atoms with van der Waals surface area (Å²) in [5.41, 5.74) is 1.75. The number of hydrogen-bond acceptors (Lipinski definition) is 9. The number of aromatic nitrogens is 4. The molecule has 0 spiro atoms. The Balaban J connectivity index is 1.72. The Morgan fingerprint density at radius 2 is 1.54 bits per heavy atom. The fourth-order valence-electron chi connectivity index (χ4n) is 4.09. The van der Waals surface area contributed by atoms with E-state index in [1.54, 1.807) is 31.6 Å². The van der Waals surface area contributed by atoms with E-state index in [0.717, 1.165) is 4.90 Å². The summed E-state index contributed by atoms with van der Waals surface area (Å²) in [6.45, 7) is 0. The molecule has 1 aromatic carbocycles. The van der Waals surface area contributed by atoms with Crippen molar-refractivity contribution in [3.05, 3.63) is 71.2 Å². The van der Waals surface area contributed by atoms with Crippen LogP contribution in [0.5, 0.6) is 0 Å². The van der Waals surface area contributed by atoms with Crippen LogP contribution in [0.2, 0.25) is 0 Å². The van der Waals surface area contributed by atoms with Crippen LogP contribution in [0.3, 0.4) is 0 Å². The Morgan fingerprint density at radius 3 is 2.14 bits per heavy atom. The number of rotatable bonds is 4. The van der Waals surface area contributed by atoms with Crippen LogP contribution in [-0.2, 0) is 16.5 Å². The maximum absolute atomic E-state index is 13.7. The molecule has 11 heteroatoms. The van der Waals surface area contributed by atoms with Crippen molar-refractivity contribution in [1.82, 2.24) is 19.7 Å². The second-order valence-electron chi connectivity index (χ2n) is 7.65. The molecule has 0 saturated carbocycles. The van der Waals surface area contributed by atoms with Crippen molar-refractivity contribution in [3.8, 4) is 11.3 Å². The Kier molecular flexibility index (Phi) is 5.09. The zero-order valence-electron chi connectivity index (χ0n) is 18.8. The molecule has 4 aromatic rings. The smallest absolute Gasteiger partial charge is 0.337 e. The zero-order chi connectivity index (χ0) is 24.9. The normalized spacial score (nSPS) is 12.7. The van der Waals surface area contributed by atoms with Crippen molar-refractivity contribution in [2.24, 2.45) is 7.05 Å². The molecule has 1 aliphatic rings. The summed E-state index contributed by atoms with van der Waals surface area (Å²) >= 11 is 0. The molecule has 0 aliphatic carbocycles.